The van der Waals surface area contributed by atoms with Gasteiger partial charge in [-0.2, -0.15) is 0 Å². The van der Waals surface area contributed by atoms with Gasteiger partial charge in [0.05, 0.1) is 10.7 Å². The second-order valence-electron chi connectivity index (χ2n) is 7.77. The Morgan fingerprint density at radius 3 is 2.84 bits per heavy atom. The Hall–Kier alpha value is -2.16. The number of pyridine rings is 1. The predicted molar refractivity (Wildman–Crippen MR) is 125 cm³/mol. The molecule has 0 aliphatic heterocycles. The van der Waals surface area contributed by atoms with Crippen molar-refractivity contribution in [2.24, 2.45) is 0 Å². The third-order valence-electron chi connectivity index (χ3n) is 5.61. The van der Waals surface area contributed by atoms with Gasteiger partial charge in [0.2, 0.25) is 0 Å². The van der Waals surface area contributed by atoms with Crippen LogP contribution in [0.4, 0.5) is 0 Å². The van der Waals surface area contributed by atoms with E-state index in [2.05, 4.69) is 37.3 Å². The van der Waals surface area contributed by atoms with Gasteiger partial charge in [-0.1, -0.05) is 48.7 Å². The van der Waals surface area contributed by atoms with Gasteiger partial charge in [0.1, 0.15) is 11.5 Å². The predicted octanol–water partition coefficient (Wildman–Crippen LogP) is 5.39. The molecule has 0 radical (unpaired) electrons. The number of nitrogens with zero attached hydrogens (tertiary/aromatic N) is 5. The Bertz CT molecular complexity index is 1240. The van der Waals surface area contributed by atoms with Crippen molar-refractivity contribution < 1.29 is 0 Å². The first kappa shape index (κ1) is 20.7. The van der Waals surface area contributed by atoms with E-state index in [4.69, 9.17) is 11.6 Å². The van der Waals surface area contributed by atoms with Crippen molar-refractivity contribution in [3.63, 3.8) is 0 Å². The summed E-state index contributed by atoms with van der Waals surface area (Å²) < 4.78 is 3.82. The van der Waals surface area contributed by atoms with E-state index < -0.39 is 0 Å². The van der Waals surface area contributed by atoms with Crippen molar-refractivity contribution in [2.75, 3.05) is 0 Å². The molecule has 9 heteroatoms. The summed E-state index contributed by atoms with van der Waals surface area (Å²) in [7, 11) is 0. The highest BCUT2D eigenvalue weighted by Crippen LogP contribution is 2.34. The van der Waals surface area contributed by atoms with Gasteiger partial charge in [0, 0.05) is 35.4 Å². The topological polar surface area (TPSA) is 65.1 Å². The molecule has 0 bridgehead atoms. The van der Waals surface area contributed by atoms with Gasteiger partial charge in [0.15, 0.2) is 5.16 Å². The van der Waals surface area contributed by atoms with Crippen LogP contribution in [-0.2, 0) is 12.2 Å². The average molecular weight is 472 g/mol. The van der Waals surface area contributed by atoms with Crippen LogP contribution in [-0.4, -0.2) is 24.1 Å². The van der Waals surface area contributed by atoms with E-state index in [0.29, 0.717) is 22.5 Å². The molecule has 0 unspecified atom stereocenters. The van der Waals surface area contributed by atoms with Crippen LogP contribution in [0.5, 0.6) is 0 Å². The summed E-state index contributed by atoms with van der Waals surface area (Å²) >= 11 is 9.36. The highest BCUT2D eigenvalue weighted by Gasteiger charge is 2.23. The molecule has 0 aromatic carbocycles. The first-order valence-corrected chi connectivity index (χ1v) is 12.7. The van der Waals surface area contributed by atoms with E-state index in [-0.39, 0.29) is 5.56 Å². The Morgan fingerprint density at radius 2 is 2.03 bits per heavy atom. The number of aromatic nitrogens is 5. The molecule has 31 heavy (non-hydrogen) atoms. The number of thiophene rings is 1. The first-order chi connectivity index (χ1) is 15.2. The van der Waals surface area contributed by atoms with Crippen molar-refractivity contribution in [3.8, 4) is 0 Å². The second kappa shape index (κ2) is 9.14. The van der Waals surface area contributed by atoms with E-state index in [9.17, 15) is 4.79 Å². The van der Waals surface area contributed by atoms with Crippen LogP contribution in [0.1, 0.15) is 54.5 Å². The van der Waals surface area contributed by atoms with Crippen molar-refractivity contribution >= 4 is 40.3 Å². The number of thioether (sulfide) groups is 1. The van der Waals surface area contributed by atoms with E-state index in [0.717, 1.165) is 23.1 Å². The van der Waals surface area contributed by atoms with Crippen LogP contribution in [0.25, 0.3) is 5.65 Å². The fourth-order valence-corrected chi connectivity index (χ4v) is 5.92. The lowest BCUT2D eigenvalue weighted by Gasteiger charge is -2.25. The number of fused-ring (bicyclic) bond motifs is 1. The lowest BCUT2D eigenvalue weighted by Crippen LogP contribution is -2.17. The van der Waals surface area contributed by atoms with Crippen LogP contribution in [0.3, 0.4) is 0 Å². The highest BCUT2D eigenvalue weighted by molar-refractivity contribution is 7.98. The lowest BCUT2D eigenvalue weighted by molar-refractivity contribution is 0.330. The van der Waals surface area contributed by atoms with E-state index in [1.165, 1.54) is 41.4 Å². The third-order valence-corrected chi connectivity index (χ3v) is 7.69. The van der Waals surface area contributed by atoms with Crippen LogP contribution < -0.4 is 5.56 Å². The van der Waals surface area contributed by atoms with Gasteiger partial charge in [-0.3, -0.25) is 9.20 Å². The maximum atomic E-state index is 12.5. The van der Waals surface area contributed by atoms with Gasteiger partial charge < -0.3 is 4.57 Å². The summed E-state index contributed by atoms with van der Waals surface area (Å²) in [4.78, 5) is 18.4. The largest absolute Gasteiger partial charge is 0.303 e. The summed E-state index contributed by atoms with van der Waals surface area (Å²) in [6.07, 6.45) is 8.53. The fraction of sp³-hybridized carbons (Fsp3) is 0.364. The molecular weight excluding hydrogens is 450 g/mol. The minimum absolute atomic E-state index is 0.129. The van der Waals surface area contributed by atoms with Crippen molar-refractivity contribution in [1.82, 2.24) is 24.1 Å². The quantitative estimate of drug-likeness (QED) is 0.353. The van der Waals surface area contributed by atoms with Crippen LogP contribution in [0.15, 0.2) is 51.9 Å². The van der Waals surface area contributed by atoms with Gasteiger partial charge in [-0.25, -0.2) is 4.98 Å². The van der Waals surface area contributed by atoms with Gasteiger partial charge in [-0.15, -0.1) is 21.5 Å². The smallest absolute Gasteiger partial charge is 0.258 e. The number of hydrogen-bond donors (Lipinski definition) is 0. The molecule has 160 valence electrons. The van der Waals surface area contributed by atoms with Crippen molar-refractivity contribution in [1.29, 1.82) is 0 Å². The summed E-state index contributed by atoms with van der Waals surface area (Å²) in [6.45, 7) is 0. The molecule has 1 saturated carbocycles. The summed E-state index contributed by atoms with van der Waals surface area (Å²) in [5.74, 6) is 1.59. The third kappa shape index (κ3) is 4.56. The number of halogens is 1. The Balaban J connectivity index is 1.42. The summed E-state index contributed by atoms with van der Waals surface area (Å²) in [6, 6.07) is 9.76. The molecule has 1 aliphatic carbocycles. The number of hydrogen-bond acceptors (Lipinski definition) is 6. The van der Waals surface area contributed by atoms with E-state index in [1.807, 2.05) is 0 Å². The van der Waals surface area contributed by atoms with Gasteiger partial charge in [-0.05, 0) is 36.4 Å². The minimum Gasteiger partial charge on any atom is -0.303 e. The molecule has 6 nitrogen and oxygen atoms in total. The lowest BCUT2D eigenvalue weighted by atomic mass is 9.95. The second-order valence-corrected chi connectivity index (χ2v) is 10.2. The zero-order valence-corrected chi connectivity index (χ0v) is 19.3. The molecule has 4 aromatic rings. The molecule has 5 rings (SSSR count). The van der Waals surface area contributed by atoms with Crippen LogP contribution in [0.2, 0.25) is 5.02 Å². The Labute approximate surface area is 193 Å². The summed E-state index contributed by atoms with van der Waals surface area (Å²) in [5.41, 5.74) is 1.20. The maximum absolute atomic E-state index is 12.5. The molecule has 0 spiro atoms. The molecule has 4 heterocycles. The molecule has 0 atom stereocenters. The standard InChI is InChI=1S/C22H22ClN5OS2/c23-15-8-9-19-24-16(11-21(29)27(19)13-15)14-31-22-26-25-20(12-18-7-4-10-30-18)28(22)17-5-2-1-3-6-17/h4,7-11,13,17H,1-3,5-6,12,14H2. The molecular formula is C22H22ClN5OS2. The Morgan fingerprint density at radius 1 is 1.16 bits per heavy atom. The fourth-order valence-electron chi connectivity index (χ4n) is 4.14. The molecule has 0 saturated heterocycles. The maximum Gasteiger partial charge on any atom is 0.258 e. The number of rotatable bonds is 6. The first-order valence-electron chi connectivity index (χ1n) is 10.4. The zero-order valence-electron chi connectivity index (χ0n) is 16.9. The van der Waals surface area contributed by atoms with Crippen LogP contribution in [0, 0.1) is 0 Å². The van der Waals surface area contributed by atoms with Gasteiger partial charge >= 0.3 is 0 Å². The van der Waals surface area contributed by atoms with E-state index >= 15 is 0 Å². The molecule has 1 fully saturated rings. The van der Waals surface area contributed by atoms with Crippen molar-refractivity contribution in [3.05, 3.63) is 73.7 Å². The zero-order chi connectivity index (χ0) is 21.2. The molecule has 0 amide bonds. The van der Waals surface area contributed by atoms with Crippen LogP contribution >= 0.6 is 34.7 Å². The van der Waals surface area contributed by atoms with Gasteiger partial charge in [0.25, 0.3) is 5.56 Å². The Kier molecular flexibility index (Phi) is 6.11. The molecule has 0 N–H and O–H groups in total. The van der Waals surface area contributed by atoms with E-state index in [1.54, 1.807) is 47.5 Å². The summed E-state index contributed by atoms with van der Waals surface area (Å²) in [5, 5.41) is 12.6. The monoisotopic (exact) mass is 471 g/mol. The van der Waals surface area contributed by atoms with Crippen molar-refractivity contribution in [2.45, 2.75) is 55.5 Å². The average Bonchev–Trinajstić information content (AvgIpc) is 3.44. The normalized spacial score (nSPS) is 15.0. The minimum atomic E-state index is -0.129. The molecule has 4 aromatic heterocycles. The highest BCUT2D eigenvalue weighted by atomic mass is 35.5. The molecule has 1 aliphatic rings. The SMILES string of the molecule is O=c1cc(CSc2nnc(Cc3cccs3)n2C2CCCCC2)nc2ccc(Cl)cn12.